The summed E-state index contributed by atoms with van der Waals surface area (Å²) in [6.45, 7) is 6.91. The first-order chi connectivity index (χ1) is 13.9. The Morgan fingerprint density at radius 1 is 1.07 bits per heavy atom. The molecule has 3 nitrogen and oxygen atoms in total. The molecular formula is C26H40O3. The predicted octanol–water partition coefficient (Wildman–Crippen LogP) is 6.40. The van der Waals surface area contributed by atoms with E-state index in [9.17, 15) is 9.59 Å². The molecule has 0 heterocycles. The zero-order valence-electron chi connectivity index (χ0n) is 18.8. The van der Waals surface area contributed by atoms with Crippen molar-refractivity contribution in [1.29, 1.82) is 0 Å². The monoisotopic (exact) mass is 400 g/mol. The summed E-state index contributed by atoms with van der Waals surface area (Å²) in [4.78, 5) is 24.8. The number of hydrogen-bond donors (Lipinski definition) is 0. The van der Waals surface area contributed by atoms with Crippen LogP contribution in [0.4, 0.5) is 0 Å². The van der Waals surface area contributed by atoms with Gasteiger partial charge < -0.3 is 4.74 Å². The number of ketones is 1. The topological polar surface area (TPSA) is 43.4 Å². The lowest BCUT2D eigenvalue weighted by molar-refractivity contribution is -0.151. The molecule has 0 radical (unpaired) electrons. The molecule has 4 aliphatic rings. The van der Waals surface area contributed by atoms with Gasteiger partial charge in [-0.15, -0.1) is 0 Å². The van der Waals surface area contributed by atoms with Crippen LogP contribution >= 0.6 is 0 Å². The second-order valence-electron chi connectivity index (χ2n) is 10.8. The van der Waals surface area contributed by atoms with Gasteiger partial charge in [-0.2, -0.15) is 0 Å². The van der Waals surface area contributed by atoms with Crippen molar-refractivity contribution in [2.24, 2.45) is 28.6 Å². The van der Waals surface area contributed by atoms with Crippen molar-refractivity contribution < 1.29 is 14.3 Å². The Labute approximate surface area is 177 Å². The molecule has 3 fully saturated rings. The van der Waals surface area contributed by atoms with Crippen LogP contribution in [0.5, 0.6) is 0 Å². The molecule has 3 saturated carbocycles. The van der Waals surface area contributed by atoms with E-state index in [0.717, 1.165) is 57.8 Å². The first-order valence-electron chi connectivity index (χ1n) is 12.3. The molecule has 0 saturated heterocycles. The highest BCUT2D eigenvalue weighted by Crippen LogP contribution is 2.64. The molecule has 0 aromatic rings. The van der Waals surface area contributed by atoms with Crippen molar-refractivity contribution in [3.05, 3.63) is 11.6 Å². The van der Waals surface area contributed by atoms with Gasteiger partial charge >= 0.3 is 5.97 Å². The van der Waals surface area contributed by atoms with Crippen LogP contribution in [0.25, 0.3) is 0 Å². The minimum Gasteiger partial charge on any atom is -0.462 e. The maximum Gasteiger partial charge on any atom is 0.306 e. The Kier molecular flexibility index (Phi) is 5.97. The van der Waals surface area contributed by atoms with Crippen molar-refractivity contribution >= 4 is 11.8 Å². The van der Waals surface area contributed by atoms with Gasteiger partial charge in [0.2, 0.25) is 0 Å². The van der Waals surface area contributed by atoms with Crippen LogP contribution < -0.4 is 0 Å². The van der Waals surface area contributed by atoms with E-state index in [1.807, 2.05) is 0 Å². The van der Waals surface area contributed by atoms with Crippen molar-refractivity contribution in [2.45, 2.75) is 110 Å². The summed E-state index contributed by atoms with van der Waals surface area (Å²) < 4.78 is 5.88. The fourth-order valence-electron chi connectivity index (χ4n) is 7.44. The highest BCUT2D eigenvalue weighted by Gasteiger charge is 2.58. The highest BCUT2D eigenvalue weighted by molar-refractivity contribution is 5.87. The Balaban J connectivity index is 1.39. The third-order valence-corrected chi connectivity index (χ3v) is 9.30. The first-order valence-corrected chi connectivity index (χ1v) is 12.3. The van der Waals surface area contributed by atoms with E-state index in [1.165, 1.54) is 19.3 Å². The summed E-state index contributed by atoms with van der Waals surface area (Å²) in [5, 5.41) is 0. The van der Waals surface area contributed by atoms with Crippen molar-refractivity contribution in [3.8, 4) is 0 Å². The molecule has 0 spiro atoms. The molecule has 162 valence electrons. The molecule has 4 rings (SSSR count). The maximum atomic E-state index is 12.6. The second-order valence-corrected chi connectivity index (χ2v) is 10.8. The summed E-state index contributed by atoms with van der Waals surface area (Å²) in [5.74, 6) is 2.49. The van der Waals surface area contributed by atoms with Gasteiger partial charge in [0.1, 0.15) is 11.9 Å². The molecule has 29 heavy (non-hydrogen) atoms. The van der Waals surface area contributed by atoms with Gasteiger partial charge in [-0.1, -0.05) is 51.7 Å². The summed E-state index contributed by atoms with van der Waals surface area (Å²) in [6, 6.07) is 0. The molecule has 0 aromatic carbocycles. The molecular weight excluding hydrogens is 360 g/mol. The molecule has 0 unspecified atom stereocenters. The van der Waals surface area contributed by atoms with Gasteiger partial charge in [0.25, 0.3) is 0 Å². The smallest absolute Gasteiger partial charge is 0.306 e. The van der Waals surface area contributed by atoms with E-state index >= 15 is 0 Å². The van der Waals surface area contributed by atoms with Crippen molar-refractivity contribution in [1.82, 2.24) is 0 Å². The standard InChI is InChI=1S/C26H40O3/c1-4-5-6-7-8-24(28)29-19-13-15-25(2)18(17-19)9-10-20-21-11-12-23(27)26(21,3)16-14-22(20)25/h9,19-22H,4-8,10-17H2,1-3H3/t19-,20-,21+,22-,25-,26-/m0/s1. The largest absolute Gasteiger partial charge is 0.462 e. The molecule has 3 heteroatoms. The van der Waals surface area contributed by atoms with Crippen LogP contribution in [0.2, 0.25) is 0 Å². The molecule has 0 bridgehead atoms. The van der Waals surface area contributed by atoms with Crippen LogP contribution in [0, 0.1) is 28.6 Å². The minimum absolute atomic E-state index is 0.00175. The van der Waals surface area contributed by atoms with Gasteiger partial charge in [-0.25, -0.2) is 0 Å². The number of esters is 1. The number of carbonyl (C=O) groups is 2. The average molecular weight is 401 g/mol. The minimum atomic E-state index is -0.0482. The molecule has 0 amide bonds. The number of allylic oxidation sites excluding steroid dienone is 1. The van der Waals surface area contributed by atoms with Crippen LogP contribution in [0.1, 0.15) is 104 Å². The second kappa shape index (κ2) is 8.19. The van der Waals surface area contributed by atoms with Gasteiger partial charge in [-0.3, -0.25) is 9.59 Å². The fourth-order valence-corrected chi connectivity index (χ4v) is 7.44. The third-order valence-electron chi connectivity index (χ3n) is 9.30. The number of fused-ring (bicyclic) bond motifs is 5. The van der Waals surface area contributed by atoms with Crippen molar-refractivity contribution in [3.63, 3.8) is 0 Å². The number of carbonyl (C=O) groups excluding carboxylic acids is 2. The summed E-state index contributed by atoms with van der Waals surface area (Å²) >= 11 is 0. The zero-order valence-corrected chi connectivity index (χ0v) is 18.8. The molecule has 0 N–H and O–H groups in total. The van der Waals surface area contributed by atoms with E-state index in [2.05, 4.69) is 26.8 Å². The summed E-state index contributed by atoms with van der Waals surface area (Å²) in [5.41, 5.74) is 1.74. The van der Waals surface area contributed by atoms with E-state index < -0.39 is 0 Å². The Bertz CT molecular complexity index is 679. The first kappa shape index (κ1) is 21.1. The third kappa shape index (κ3) is 3.72. The highest BCUT2D eigenvalue weighted by atomic mass is 16.5. The van der Waals surface area contributed by atoms with Gasteiger partial charge in [0, 0.05) is 24.7 Å². The molecule has 6 atom stereocenters. The number of Topliss-reactive ketones (excluding diaryl/α,β-unsaturated/α-hetero) is 1. The number of ether oxygens (including phenoxy) is 1. The number of unbranched alkanes of at least 4 members (excludes halogenated alkanes) is 3. The number of hydrogen-bond acceptors (Lipinski definition) is 3. The molecule has 0 aromatic heterocycles. The predicted molar refractivity (Wildman–Crippen MR) is 115 cm³/mol. The van der Waals surface area contributed by atoms with E-state index in [0.29, 0.717) is 30.0 Å². The van der Waals surface area contributed by atoms with Crippen LogP contribution in [0.15, 0.2) is 11.6 Å². The number of rotatable bonds is 6. The van der Waals surface area contributed by atoms with Crippen LogP contribution in [0.3, 0.4) is 0 Å². The van der Waals surface area contributed by atoms with Crippen LogP contribution in [-0.4, -0.2) is 17.9 Å². The normalized spacial score (nSPS) is 41.2. The Hall–Kier alpha value is -1.12. The average Bonchev–Trinajstić information content (AvgIpc) is 3.00. The summed E-state index contributed by atoms with van der Waals surface area (Å²) in [7, 11) is 0. The van der Waals surface area contributed by atoms with Gasteiger partial charge in [-0.05, 0) is 68.1 Å². The van der Waals surface area contributed by atoms with Crippen LogP contribution in [-0.2, 0) is 14.3 Å². The van der Waals surface area contributed by atoms with Crippen molar-refractivity contribution in [2.75, 3.05) is 0 Å². The maximum absolute atomic E-state index is 12.6. The SMILES string of the molecule is CCCCCCC(=O)O[C@H]1CC[C@@]2(C)C(=CC[C@H]3[C@H]4CCC(=O)[C@@]4(C)CC[C@@H]32)C1. The summed E-state index contributed by atoms with van der Waals surface area (Å²) in [6.07, 6.45) is 16.0. The lowest BCUT2D eigenvalue weighted by atomic mass is 9.48. The Morgan fingerprint density at radius 3 is 2.62 bits per heavy atom. The Morgan fingerprint density at radius 2 is 1.83 bits per heavy atom. The van der Waals surface area contributed by atoms with Gasteiger partial charge in [0.05, 0.1) is 0 Å². The fraction of sp³-hybridized carbons (Fsp3) is 0.846. The van der Waals surface area contributed by atoms with E-state index in [-0.39, 0.29) is 22.9 Å². The lowest BCUT2D eigenvalue weighted by Gasteiger charge is -2.56. The molecule has 4 aliphatic carbocycles. The quantitative estimate of drug-likeness (QED) is 0.294. The molecule has 0 aliphatic heterocycles. The zero-order chi connectivity index (χ0) is 20.6. The van der Waals surface area contributed by atoms with Gasteiger partial charge in [0.15, 0.2) is 0 Å². The lowest BCUT2D eigenvalue weighted by Crippen LogP contribution is -2.50. The van der Waals surface area contributed by atoms with E-state index in [1.54, 1.807) is 5.57 Å². The van der Waals surface area contributed by atoms with E-state index in [4.69, 9.17) is 4.74 Å².